The molecule has 0 amide bonds. The molecule has 0 aliphatic heterocycles. The molecule has 0 fully saturated rings. The first-order valence-corrected chi connectivity index (χ1v) is 19.1. The number of para-hydroxylation sites is 3. The number of furan rings is 1. The molecule has 0 bridgehead atoms. The van der Waals surface area contributed by atoms with Crippen LogP contribution in [-0.4, -0.2) is 0 Å². The first-order valence-electron chi connectivity index (χ1n) is 18.3. The van der Waals surface area contributed by atoms with Crippen molar-refractivity contribution >= 4 is 109 Å². The Kier molecular flexibility index (Phi) is 7.04. The molecule has 0 saturated heterocycles. The Balaban J connectivity index is 1.20. The molecule has 0 radical (unpaired) electrons. The van der Waals surface area contributed by atoms with Crippen molar-refractivity contribution in [2.24, 2.45) is 0 Å². The summed E-state index contributed by atoms with van der Waals surface area (Å²) in [6.45, 7) is 0. The van der Waals surface area contributed by atoms with E-state index >= 15 is 0 Å². The van der Waals surface area contributed by atoms with Gasteiger partial charge in [0.1, 0.15) is 11.2 Å². The minimum Gasteiger partial charge on any atom is -0.456 e. The van der Waals surface area contributed by atoms with E-state index in [2.05, 4.69) is 204 Å². The Morgan fingerprint density at radius 2 is 0.944 bits per heavy atom. The molecule has 0 unspecified atom stereocenters. The Labute approximate surface area is 316 Å². The fraction of sp³-hybridized carbons (Fsp3) is 0. The Morgan fingerprint density at radius 1 is 0.333 bits per heavy atom. The molecule has 54 heavy (non-hydrogen) atoms. The summed E-state index contributed by atoms with van der Waals surface area (Å²) in [5.74, 6) is 0. The van der Waals surface area contributed by atoms with Crippen LogP contribution in [0, 0.1) is 0 Å². The molecule has 11 rings (SSSR count). The summed E-state index contributed by atoms with van der Waals surface area (Å²) < 4.78 is 9.42. The number of thiophene rings is 1. The zero-order valence-electron chi connectivity index (χ0n) is 29.2. The molecule has 254 valence electrons. The minimum atomic E-state index is 0.856. The molecule has 0 atom stereocenters. The largest absolute Gasteiger partial charge is 0.456 e. The lowest BCUT2D eigenvalue weighted by molar-refractivity contribution is 0.669. The smallest absolute Gasteiger partial charge is 0.137 e. The molecule has 0 aliphatic rings. The Morgan fingerprint density at radius 3 is 1.67 bits per heavy atom. The predicted molar refractivity (Wildman–Crippen MR) is 231 cm³/mol. The monoisotopic (exact) mass is 708 g/mol. The maximum Gasteiger partial charge on any atom is 0.137 e. The lowest BCUT2D eigenvalue weighted by Gasteiger charge is -2.28. The summed E-state index contributed by atoms with van der Waals surface area (Å²) in [4.78, 5) is 4.74. The maximum absolute atomic E-state index is 6.83. The third-order valence-corrected chi connectivity index (χ3v) is 11.7. The molecule has 0 aliphatic carbocycles. The standard InChI is InChI=1S/C50H32N2OS/c1-4-16-34(17-5-1)51(35-18-6-2-7-19-35)44-24-14-25-46-50(44)43-31-40-38-22-11-10-15-33(38)29-45(41(40)32-47(43)53-46)52(36-20-8-3-9-21-36)37-27-28-49-42(30-37)39-23-12-13-26-48(39)54-49/h1-32H. The van der Waals surface area contributed by atoms with Gasteiger partial charge in [-0.25, -0.2) is 0 Å². The van der Waals surface area contributed by atoms with Crippen molar-refractivity contribution in [2.75, 3.05) is 9.80 Å². The third-order valence-electron chi connectivity index (χ3n) is 10.6. The zero-order chi connectivity index (χ0) is 35.6. The van der Waals surface area contributed by atoms with E-state index in [0.29, 0.717) is 0 Å². The summed E-state index contributed by atoms with van der Waals surface area (Å²) >= 11 is 1.85. The number of rotatable bonds is 6. The fourth-order valence-corrected chi connectivity index (χ4v) is 9.28. The number of anilines is 6. The lowest BCUT2D eigenvalue weighted by atomic mass is 9.96. The SMILES string of the molecule is c1ccc(N(c2ccc3sc4ccccc4c3c2)c2cc3ccccc3c3cc4c(cc23)oc2cccc(N(c3ccccc3)c3ccccc3)c24)cc1. The van der Waals surface area contributed by atoms with Crippen molar-refractivity contribution in [1.29, 1.82) is 0 Å². The molecule has 2 aromatic heterocycles. The molecular formula is C50H32N2OS. The van der Waals surface area contributed by atoms with Gasteiger partial charge in [0.25, 0.3) is 0 Å². The van der Waals surface area contributed by atoms with Crippen LogP contribution in [0.2, 0.25) is 0 Å². The van der Waals surface area contributed by atoms with Gasteiger partial charge in [-0.2, -0.15) is 0 Å². The molecule has 9 aromatic carbocycles. The average molecular weight is 709 g/mol. The second-order valence-electron chi connectivity index (χ2n) is 13.7. The van der Waals surface area contributed by atoms with Crippen LogP contribution in [-0.2, 0) is 0 Å². The molecule has 0 spiro atoms. The van der Waals surface area contributed by atoms with Gasteiger partial charge in [-0.1, -0.05) is 103 Å². The highest BCUT2D eigenvalue weighted by Gasteiger charge is 2.23. The maximum atomic E-state index is 6.83. The zero-order valence-corrected chi connectivity index (χ0v) is 30.0. The number of hydrogen-bond acceptors (Lipinski definition) is 4. The van der Waals surface area contributed by atoms with Crippen LogP contribution in [0.25, 0.3) is 63.7 Å². The molecular weight excluding hydrogens is 677 g/mol. The summed E-state index contributed by atoms with van der Waals surface area (Å²) in [6.07, 6.45) is 0. The van der Waals surface area contributed by atoms with E-state index in [1.165, 1.54) is 36.3 Å². The second-order valence-corrected chi connectivity index (χ2v) is 14.8. The number of hydrogen-bond donors (Lipinski definition) is 0. The van der Waals surface area contributed by atoms with E-state index in [1.54, 1.807) is 0 Å². The van der Waals surface area contributed by atoms with Crippen LogP contribution in [0.4, 0.5) is 34.1 Å². The predicted octanol–water partition coefficient (Wildman–Crippen LogP) is 15.2. The second kappa shape index (κ2) is 12.4. The fourth-order valence-electron chi connectivity index (χ4n) is 8.19. The van der Waals surface area contributed by atoms with Gasteiger partial charge in [0, 0.05) is 53.7 Å². The third kappa shape index (κ3) is 4.88. The van der Waals surface area contributed by atoms with E-state index in [1.807, 2.05) is 11.3 Å². The van der Waals surface area contributed by atoms with E-state index in [-0.39, 0.29) is 0 Å². The van der Waals surface area contributed by atoms with E-state index in [9.17, 15) is 0 Å². The summed E-state index contributed by atoms with van der Waals surface area (Å²) in [5, 5.41) is 9.44. The van der Waals surface area contributed by atoms with Crippen LogP contribution in [0.5, 0.6) is 0 Å². The van der Waals surface area contributed by atoms with Crippen LogP contribution in [0.3, 0.4) is 0 Å². The van der Waals surface area contributed by atoms with E-state index in [0.717, 1.165) is 61.4 Å². The number of benzene rings is 9. The van der Waals surface area contributed by atoms with Gasteiger partial charge in [-0.3, -0.25) is 0 Å². The molecule has 0 N–H and O–H groups in total. The highest BCUT2D eigenvalue weighted by molar-refractivity contribution is 7.25. The molecule has 3 nitrogen and oxygen atoms in total. The van der Waals surface area contributed by atoms with Gasteiger partial charge in [0.2, 0.25) is 0 Å². The molecule has 2 heterocycles. The van der Waals surface area contributed by atoms with Crippen LogP contribution >= 0.6 is 11.3 Å². The van der Waals surface area contributed by atoms with Gasteiger partial charge < -0.3 is 14.2 Å². The van der Waals surface area contributed by atoms with Gasteiger partial charge in [0.05, 0.1) is 16.8 Å². The topological polar surface area (TPSA) is 19.6 Å². The lowest BCUT2D eigenvalue weighted by Crippen LogP contribution is -2.10. The van der Waals surface area contributed by atoms with Gasteiger partial charge in [0.15, 0.2) is 0 Å². The van der Waals surface area contributed by atoms with E-state index < -0.39 is 0 Å². The number of fused-ring (bicyclic) bond motifs is 9. The van der Waals surface area contributed by atoms with Crippen LogP contribution < -0.4 is 9.80 Å². The van der Waals surface area contributed by atoms with Crippen molar-refractivity contribution in [3.05, 3.63) is 194 Å². The van der Waals surface area contributed by atoms with Crippen LogP contribution in [0.1, 0.15) is 0 Å². The highest BCUT2D eigenvalue weighted by Crippen LogP contribution is 2.48. The van der Waals surface area contributed by atoms with Crippen molar-refractivity contribution in [3.63, 3.8) is 0 Å². The van der Waals surface area contributed by atoms with Crippen molar-refractivity contribution < 1.29 is 4.42 Å². The molecule has 11 aromatic rings. The molecule has 4 heteroatoms. The van der Waals surface area contributed by atoms with Gasteiger partial charge in [-0.15, -0.1) is 11.3 Å². The quantitative estimate of drug-likeness (QED) is 0.160. The normalized spacial score (nSPS) is 11.7. The van der Waals surface area contributed by atoms with Crippen molar-refractivity contribution in [3.8, 4) is 0 Å². The van der Waals surface area contributed by atoms with Crippen molar-refractivity contribution in [1.82, 2.24) is 0 Å². The first-order chi connectivity index (χ1) is 26.8. The first kappa shape index (κ1) is 30.7. The van der Waals surface area contributed by atoms with Gasteiger partial charge in [-0.05, 0) is 107 Å². The Hall–Kier alpha value is -6.88. The number of nitrogens with zero attached hydrogens (tertiary/aromatic N) is 2. The van der Waals surface area contributed by atoms with Crippen LogP contribution in [0.15, 0.2) is 199 Å². The highest BCUT2D eigenvalue weighted by atomic mass is 32.1. The summed E-state index contributed by atoms with van der Waals surface area (Å²) in [5.41, 5.74) is 8.28. The molecule has 0 saturated carbocycles. The summed E-state index contributed by atoms with van der Waals surface area (Å²) in [7, 11) is 0. The summed E-state index contributed by atoms with van der Waals surface area (Å²) in [6, 6.07) is 69.6. The van der Waals surface area contributed by atoms with E-state index in [4.69, 9.17) is 4.42 Å². The van der Waals surface area contributed by atoms with Gasteiger partial charge >= 0.3 is 0 Å². The minimum absolute atomic E-state index is 0.856. The average Bonchev–Trinajstić information content (AvgIpc) is 3.80. The van der Waals surface area contributed by atoms with Crippen molar-refractivity contribution in [2.45, 2.75) is 0 Å². The Bertz CT molecular complexity index is 3130.